The Morgan fingerprint density at radius 3 is 2.37 bits per heavy atom. The summed E-state index contributed by atoms with van der Waals surface area (Å²) in [5.74, 6) is -5.02. The summed E-state index contributed by atoms with van der Waals surface area (Å²) >= 11 is 1.11. The van der Waals surface area contributed by atoms with Crippen molar-refractivity contribution < 1.29 is 23.5 Å². The minimum atomic E-state index is -1.52. The molecule has 0 unspecified atom stereocenters. The lowest BCUT2D eigenvalue weighted by molar-refractivity contribution is 0.0691. The number of hydrogen-bond acceptors (Lipinski definition) is 4. The van der Waals surface area contributed by atoms with Crippen LogP contribution in [0.5, 0.6) is 0 Å². The van der Waals surface area contributed by atoms with Gasteiger partial charge in [0, 0.05) is 11.6 Å². The van der Waals surface area contributed by atoms with Crippen LogP contribution in [-0.2, 0) is 0 Å². The molecule has 19 heavy (non-hydrogen) atoms. The van der Waals surface area contributed by atoms with E-state index in [-0.39, 0.29) is 5.13 Å². The molecule has 0 fully saturated rings. The molecule has 0 saturated carbocycles. The molecule has 1 aromatic heterocycles. The van der Waals surface area contributed by atoms with E-state index >= 15 is 0 Å². The lowest BCUT2D eigenvalue weighted by atomic mass is 10.1. The minimum absolute atomic E-state index is 0.228. The van der Waals surface area contributed by atoms with Gasteiger partial charge in [-0.2, -0.15) is 0 Å². The summed E-state index contributed by atoms with van der Waals surface area (Å²) in [4.78, 5) is 26.5. The molecule has 0 atom stereocenters. The van der Waals surface area contributed by atoms with Gasteiger partial charge in [0.05, 0.1) is 11.1 Å². The van der Waals surface area contributed by atoms with Crippen LogP contribution in [0.1, 0.15) is 20.7 Å². The third-order valence-corrected chi connectivity index (χ3v) is 2.88. The molecule has 2 rings (SSSR count). The van der Waals surface area contributed by atoms with Crippen LogP contribution in [0.3, 0.4) is 0 Å². The van der Waals surface area contributed by atoms with Gasteiger partial charge in [0.15, 0.2) is 16.8 Å². The number of thiazole rings is 1. The largest absolute Gasteiger partial charge is 0.478 e. The van der Waals surface area contributed by atoms with Crippen molar-refractivity contribution in [3.05, 3.63) is 46.5 Å². The topological polar surface area (TPSA) is 79.3 Å². The lowest BCUT2D eigenvalue weighted by Gasteiger charge is -2.06. The van der Waals surface area contributed by atoms with E-state index in [0.29, 0.717) is 12.1 Å². The highest BCUT2D eigenvalue weighted by Gasteiger charge is 2.20. The number of nitrogens with one attached hydrogen (secondary N) is 1. The molecule has 1 aromatic carbocycles. The van der Waals surface area contributed by atoms with Crippen molar-refractivity contribution in [3.63, 3.8) is 0 Å². The monoisotopic (exact) mass is 284 g/mol. The quantitative estimate of drug-likeness (QED) is 0.906. The van der Waals surface area contributed by atoms with Gasteiger partial charge in [0.25, 0.3) is 5.91 Å². The Bertz CT molecular complexity index is 644. The van der Waals surface area contributed by atoms with E-state index in [1.54, 1.807) is 5.38 Å². The van der Waals surface area contributed by atoms with Gasteiger partial charge in [0.2, 0.25) is 0 Å². The van der Waals surface area contributed by atoms with Crippen LogP contribution in [0.15, 0.2) is 23.7 Å². The second-order valence-electron chi connectivity index (χ2n) is 3.41. The number of benzene rings is 1. The van der Waals surface area contributed by atoms with Crippen molar-refractivity contribution in [2.75, 3.05) is 5.32 Å². The molecule has 0 aliphatic rings. The van der Waals surface area contributed by atoms with Gasteiger partial charge in [0.1, 0.15) is 0 Å². The first-order chi connectivity index (χ1) is 8.99. The van der Waals surface area contributed by atoms with Crippen molar-refractivity contribution in [2.24, 2.45) is 0 Å². The number of halogens is 2. The minimum Gasteiger partial charge on any atom is -0.478 e. The van der Waals surface area contributed by atoms with Crippen molar-refractivity contribution in [1.82, 2.24) is 4.98 Å². The number of carboxylic acid groups (broad SMARTS) is 1. The van der Waals surface area contributed by atoms with Gasteiger partial charge in [-0.3, -0.25) is 10.1 Å². The van der Waals surface area contributed by atoms with Crippen LogP contribution in [0.25, 0.3) is 0 Å². The lowest BCUT2D eigenvalue weighted by Crippen LogP contribution is -2.17. The van der Waals surface area contributed by atoms with E-state index < -0.39 is 34.6 Å². The average Bonchev–Trinajstić information content (AvgIpc) is 2.84. The molecule has 2 N–H and O–H groups in total. The predicted molar refractivity (Wildman–Crippen MR) is 63.4 cm³/mol. The van der Waals surface area contributed by atoms with Crippen molar-refractivity contribution >= 4 is 28.3 Å². The van der Waals surface area contributed by atoms with Crippen LogP contribution < -0.4 is 5.32 Å². The number of carboxylic acids is 1. The van der Waals surface area contributed by atoms with Gasteiger partial charge < -0.3 is 5.11 Å². The predicted octanol–water partition coefficient (Wildman–Crippen LogP) is 2.37. The number of rotatable bonds is 3. The van der Waals surface area contributed by atoms with Crippen molar-refractivity contribution in [3.8, 4) is 0 Å². The van der Waals surface area contributed by atoms with E-state index in [1.807, 2.05) is 0 Å². The fraction of sp³-hybridized carbons (Fsp3) is 0. The molecule has 0 radical (unpaired) electrons. The first-order valence-corrected chi connectivity index (χ1v) is 5.80. The third kappa shape index (κ3) is 2.74. The van der Waals surface area contributed by atoms with E-state index in [4.69, 9.17) is 5.11 Å². The van der Waals surface area contributed by atoms with Gasteiger partial charge in [-0.05, 0) is 12.1 Å². The molecule has 0 bridgehead atoms. The molecule has 0 saturated heterocycles. The number of carbonyl (C=O) groups is 2. The fourth-order valence-corrected chi connectivity index (χ4v) is 1.89. The summed E-state index contributed by atoms with van der Waals surface area (Å²) in [7, 11) is 0. The standard InChI is InChI=1S/C11H6F2N2O3S/c12-7-3-5(6(10(17)18)4-8(7)13)9(16)15-11-14-1-2-19-11/h1-4H,(H,17,18)(H,14,15,16). The van der Waals surface area contributed by atoms with Gasteiger partial charge >= 0.3 is 5.97 Å². The maximum Gasteiger partial charge on any atom is 0.336 e. The van der Waals surface area contributed by atoms with Crippen molar-refractivity contribution in [1.29, 1.82) is 0 Å². The number of carbonyl (C=O) groups excluding carboxylic acids is 1. The molecular weight excluding hydrogens is 278 g/mol. The molecule has 8 heteroatoms. The molecule has 0 spiro atoms. The molecular formula is C11H6F2N2O3S. The summed E-state index contributed by atoms with van der Waals surface area (Å²) in [5.41, 5.74) is -1.09. The van der Waals surface area contributed by atoms with Crippen molar-refractivity contribution in [2.45, 2.75) is 0 Å². The smallest absolute Gasteiger partial charge is 0.336 e. The number of hydrogen-bond donors (Lipinski definition) is 2. The first kappa shape index (κ1) is 13.1. The maximum atomic E-state index is 13.1. The number of anilines is 1. The summed E-state index contributed by atoms with van der Waals surface area (Å²) in [6.45, 7) is 0. The van der Waals surface area contributed by atoms with E-state index in [9.17, 15) is 18.4 Å². The Kier molecular flexibility index (Phi) is 3.52. The third-order valence-electron chi connectivity index (χ3n) is 2.19. The average molecular weight is 284 g/mol. The Labute approximate surface area is 109 Å². The number of aromatic nitrogens is 1. The van der Waals surface area contributed by atoms with Crippen LogP contribution in [0.4, 0.5) is 13.9 Å². The van der Waals surface area contributed by atoms with Crippen LogP contribution in [0, 0.1) is 11.6 Å². The van der Waals surface area contributed by atoms with Crippen LogP contribution in [-0.4, -0.2) is 22.0 Å². The highest BCUT2D eigenvalue weighted by Crippen LogP contribution is 2.18. The molecule has 0 aliphatic heterocycles. The Balaban J connectivity index is 2.40. The van der Waals surface area contributed by atoms with Gasteiger partial charge in [-0.1, -0.05) is 0 Å². The second-order valence-corrected chi connectivity index (χ2v) is 4.30. The van der Waals surface area contributed by atoms with Crippen LogP contribution in [0.2, 0.25) is 0 Å². The highest BCUT2D eigenvalue weighted by atomic mass is 32.1. The van der Waals surface area contributed by atoms with Gasteiger partial charge in [-0.25, -0.2) is 18.6 Å². The normalized spacial score (nSPS) is 10.2. The second kappa shape index (κ2) is 5.11. The molecule has 0 aliphatic carbocycles. The number of aromatic carboxylic acids is 1. The zero-order valence-electron chi connectivity index (χ0n) is 9.18. The SMILES string of the molecule is O=C(O)c1cc(F)c(F)cc1C(=O)Nc1nccs1. The summed E-state index contributed by atoms with van der Waals surface area (Å²) < 4.78 is 26.1. The van der Waals surface area contributed by atoms with E-state index in [1.165, 1.54) is 6.20 Å². The summed E-state index contributed by atoms with van der Waals surface area (Å²) in [5, 5.41) is 13.0. The Morgan fingerprint density at radius 2 is 1.84 bits per heavy atom. The zero-order chi connectivity index (χ0) is 14.0. The Morgan fingerprint density at radius 1 is 1.21 bits per heavy atom. The van der Waals surface area contributed by atoms with E-state index in [0.717, 1.165) is 11.3 Å². The molecule has 98 valence electrons. The van der Waals surface area contributed by atoms with E-state index in [2.05, 4.69) is 10.3 Å². The number of nitrogens with zero attached hydrogens (tertiary/aromatic N) is 1. The molecule has 1 heterocycles. The molecule has 1 amide bonds. The summed E-state index contributed by atoms with van der Waals surface area (Å²) in [6.07, 6.45) is 1.43. The fourth-order valence-electron chi connectivity index (χ4n) is 1.36. The van der Waals surface area contributed by atoms with Crippen LogP contribution >= 0.6 is 11.3 Å². The summed E-state index contributed by atoms with van der Waals surface area (Å²) in [6, 6.07) is 1.01. The maximum absolute atomic E-state index is 13.1. The molecule has 2 aromatic rings. The zero-order valence-corrected chi connectivity index (χ0v) is 10.0. The highest BCUT2D eigenvalue weighted by molar-refractivity contribution is 7.13. The molecule has 5 nitrogen and oxygen atoms in total. The number of amides is 1. The van der Waals surface area contributed by atoms with Gasteiger partial charge in [-0.15, -0.1) is 11.3 Å². The first-order valence-electron chi connectivity index (χ1n) is 4.92. The Hall–Kier alpha value is -2.35.